The number of hydrogen-bond acceptors (Lipinski definition) is 4. The van der Waals surface area contributed by atoms with Gasteiger partial charge in [0, 0.05) is 44.1 Å². The van der Waals surface area contributed by atoms with Crippen molar-refractivity contribution in [1.82, 2.24) is 15.2 Å². The number of β-amino-alcohol motifs (C(OH)–C–C–N with tert-alkyl or cyclic N) is 1. The Balaban J connectivity index is 2.16. The van der Waals surface area contributed by atoms with Crippen LogP contribution in [0.5, 0.6) is 0 Å². The van der Waals surface area contributed by atoms with Crippen LogP contribution in [0.1, 0.15) is 26.3 Å². The molecule has 0 spiro atoms. The van der Waals surface area contributed by atoms with Gasteiger partial charge in [0.1, 0.15) is 0 Å². The Morgan fingerprint density at radius 2 is 2.17 bits per heavy atom. The molecule has 0 bridgehead atoms. The Morgan fingerprint density at radius 1 is 1.39 bits per heavy atom. The Hall–Kier alpha value is -0.970. The third kappa shape index (κ3) is 3.28. The summed E-state index contributed by atoms with van der Waals surface area (Å²) in [5.74, 6) is 0. The molecule has 0 radical (unpaired) electrons. The summed E-state index contributed by atoms with van der Waals surface area (Å²) in [5, 5.41) is 13.7. The minimum atomic E-state index is -0.685. The van der Waals surface area contributed by atoms with Gasteiger partial charge in [0.15, 0.2) is 0 Å². The third-order valence-electron chi connectivity index (χ3n) is 3.55. The van der Waals surface area contributed by atoms with Crippen molar-refractivity contribution >= 4 is 0 Å². The quantitative estimate of drug-likeness (QED) is 0.821. The molecule has 0 saturated carbocycles. The molecule has 2 N–H and O–H groups in total. The summed E-state index contributed by atoms with van der Waals surface area (Å²) in [7, 11) is 0. The number of nitrogens with one attached hydrogen (secondary N) is 1. The molecule has 1 aliphatic heterocycles. The molecule has 1 fully saturated rings. The second kappa shape index (κ2) is 4.96. The van der Waals surface area contributed by atoms with Gasteiger partial charge in [-0.1, -0.05) is 6.07 Å². The fourth-order valence-electron chi connectivity index (χ4n) is 2.41. The van der Waals surface area contributed by atoms with Crippen molar-refractivity contribution in [2.75, 3.05) is 19.6 Å². The van der Waals surface area contributed by atoms with Crippen molar-refractivity contribution in [2.45, 2.75) is 38.5 Å². The van der Waals surface area contributed by atoms with E-state index in [0.29, 0.717) is 13.1 Å². The molecule has 4 nitrogen and oxygen atoms in total. The first-order valence-corrected chi connectivity index (χ1v) is 6.46. The highest BCUT2D eigenvalue weighted by Gasteiger charge is 2.36. The number of nitrogens with zero attached hydrogens (tertiary/aromatic N) is 2. The maximum absolute atomic E-state index is 10.3. The normalized spacial score (nSPS) is 28.9. The van der Waals surface area contributed by atoms with E-state index in [-0.39, 0.29) is 5.54 Å². The summed E-state index contributed by atoms with van der Waals surface area (Å²) >= 11 is 0. The van der Waals surface area contributed by atoms with E-state index >= 15 is 0 Å². The van der Waals surface area contributed by atoms with E-state index in [9.17, 15) is 5.11 Å². The van der Waals surface area contributed by atoms with Gasteiger partial charge >= 0.3 is 0 Å². The number of rotatable bonds is 2. The van der Waals surface area contributed by atoms with Crippen LogP contribution in [0.4, 0.5) is 0 Å². The highest BCUT2D eigenvalue weighted by atomic mass is 16.3. The maximum Gasteiger partial charge on any atom is 0.0870 e. The molecule has 1 atom stereocenters. The van der Waals surface area contributed by atoms with Crippen LogP contribution in [-0.2, 0) is 6.54 Å². The van der Waals surface area contributed by atoms with Gasteiger partial charge in [0.25, 0.3) is 0 Å². The molecule has 1 aromatic heterocycles. The molecular formula is C14H23N3O. The molecule has 100 valence electrons. The molecule has 1 aromatic rings. The van der Waals surface area contributed by atoms with Gasteiger partial charge in [-0.3, -0.25) is 9.88 Å². The van der Waals surface area contributed by atoms with E-state index in [4.69, 9.17) is 0 Å². The number of hydrogen-bond donors (Lipinski definition) is 2. The summed E-state index contributed by atoms with van der Waals surface area (Å²) in [4.78, 5) is 6.48. The average molecular weight is 249 g/mol. The molecule has 0 aromatic carbocycles. The van der Waals surface area contributed by atoms with Crippen LogP contribution in [-0.4, -0.2) is 45.8 Å². The lowest BCUT2D eigenvalue weighted by molar-refractivity contribution is 0.00623. The standard InChI is InChI=1S/C14H23N3O/c1-13(2)9-16-10-14(3,18)11-17(13)8-12-5-4-6-15-7-12/h4-7,16,18H,8-11H2,1-3H3. The molecule has 0 aliphatic carbocycles. The Bertz CT molecular complexity index is 389. The van der Waals surface area contributed by atoms with Crippen molar-refractivity contribution in [3.63, 3.8) is 0 Å². The molecule has 1 saturated heterocycles. The largest absolute Gasteiger partial charge is 0.388 e. The van der Waals surface area contributed by atoms with Gasteiger partial charge in [-0.25, -0.2) is 0 Å². The predicted molar refractivity (Wildman–Crippen MR) is 72.2 cm³/mol. The smallest absolute Gasteiger partial charge is 0.0870 e. The molecule has 2 rings (SSSR count). The molecule has 4 heteroatoms. The minimum Gasteiger partial charge on any atom is -0.388 e. The fourth-order valence-corrected chi connectivity index (χ4v) is 2.41. The highest BCUT2D eigenvalue weighted by Crippen LogP contribution is 2.23. The van der Waals surface area contributed by atoms with E-state index in [2.05, 4.69) is 35.1 Å². The zero-order valence-corrected chi connectivity index (χ0v) is 11.5. The molecule has 0 amide bonds. The first-order chi connectivity index (χ1) is 8.39. The van der Waals surface area contributed by atoms with Crippen LogP contribution >= 0.6 is 0 Å². The Morgan fingerprint density at radius 3 is 2.83 bits per heavy atom. The number of pyridine rings is 1. The van der Waals surface area contributed by atoms with Crippen LogP contribution in [0.15, 0.2) is 24.5 Å². The lowest BCUT2D eigenvalue weighted by Gasteiger charge is -2.38. The van der Waals surface area contributed by atoms with Crippen LogP contribution in [0.25, 0.3) is 0 Å². The molecule has 18 heavy (non-hydrogen) atoms. The first-order valence-electron chi connectivity index (χ1n) is 6.46. The Kier molecular flexibility index (Phi) is 3.71. The van der Waals surface area contributed by atoms with Crippen LogP contribution in [0, 0.1) is 0 Å². The summed E-state index contributed by atoms with van der Waals surface area (Å²) in [5.41, 5.74) is 0.523. The van der Waals surface area contributed by atoms with Crippen LogP contribution in [0.2, 0.25) is 0 Å². The van der Waals surface area contributed by atoms with E-state index in [0.717, 1.165) is 13.1 Å². The van der Waals surface area contributed by atoms with Crippen molar-refractivity contribution in [2.24, 2.45) is 0 Å². The van der Waals surface area contributed by atoms with Crippen molar-refractivity contribution in [3.8, 4) is 0 Å². The van der Waals surface area contributed by atoms with E-state index in [1.54, 1.807) is 6.20 Å². The lowest BCUT2D eigenvalue weighted by atomic mass is 10.0. The van der Waals surface area contributed by atoms with Crippen molar-refractivity contribution < 1.29 is 5.11 Å². The molecule has 1 aliphatic rings. The van der Waals surface area contributed by atoms with E-state index in [1.807, 2.05) is 19.2 Å². The van der Waals surface area contributed by atoms with E-state index in [1.165, 1.54) is 5.56 Å². The van der Waals surface area contributed by atoms with Crippen molar-refractivity contribution in [1.29, 1.82) is 0 Å². The molecule has 2 heterocycles. The average Bonchev–Trinajstić information content (AvgIpc) is 2.37. The minimum absolute atomic E-state index is 0.0241. The second-order valence-corrected chi connectivity index (χ2v) is 6.13. The lowest BCUT2D eigenvalue weighted by Crippen LogP contribution is -2.50. The summed E-state index contributed by atoms with van der Waals surface area (Å²) < 4.78 is 0. The zero-order chi connectivity index (χ0) is 13.2. The van der Waals surface area contributed by atoms with Gasteiger partial charge in [-0.15, -0.1) is 0 Å². The zero-order valence-electron chi connectivity index (χ0n) is 11.5. The summed E-state index contributed by atoms with van der Waals surface area (Å²) in [6.07, 6.45) is 3.68. The highest BCUT2D eigenvalue weighted by molar-refractivity contribution is 5.10. The first kappa shape index (κ1) is 13.5. The van der Waals surface area contributed by atoms with Gasteiger partial charge < -0.3 is 10.4 Å². The van der Waals surface area contributed by atoms with Crippen molar-refractivity contribution in [3.05, 3.63) is 30.1 Å². The van der Waals surface area contributed by atoms with Gasteiger partial charge in [-0.2, -0.15) is 0 Å². The van der Waals surface area contributed by atoms with Gasteiger partial charge in [0.05, 0.1) is 5.60 Å². The number of aromatic nitrogens is 1. The number of aliphatic hydroxyl groups is 1. The van der Waals surface area contributed by atoms with Gasteiger partial charge in [-0.05, 0) is 32.4 Å². The Labute approximate surface area is 109 Å². The molecule has 1 unspecified atom stereocenters. The SMILES string of the molecule is CC1(O)CNCC(C)(C)N(Cc2cccnc2)C1. The monoisotopic (exact) mass is 249 g/mol. The molecular weight excluding hydrogens is 226 g/mol. The van der Waals surface area contributed by atoms with Crippen LogP contribution < -0.4 is 5.32 Å². The fraction of sp³-hybridized carbons (Fsp3) is 0.643. The topological polar surface area (TPSA) is 48.4 Å². The predicted octanol–water partition coefficient (Wildman–Crippen LogP) is 1.02. The summed E-state index contributed by atoms with van der Waals surface area (Å²) in [6.45, 7) is 9.30. The second-order valence-electron chi connectivity index (χ2n) is 6.13. The maximum atomic E-state index is 10.3. The van der Waals surface area contributed by atoms with Gasteiger partial charge in [0.2, 0.25) is 0 Å². The van der Waals surface area contributed by atoms with E-state index < -0.39 is 5.60 Å². The third-order valence-corrected chi connectivity index (χ3v) is 3.55. The van der Waals surface area contributed by atoms with Crippen LogP contribution in [0.3, 0.4) is 0 Å². The summed E-state index contributed by atoms with van der Waals surface area (Å²) in [6, 6.07) is 4.03.